The smallest absolute Gasteiger partial charge is 0.225 e. The van der Waals surface area contributed by atoms with E-state index in [2.05, 4.69) is 25.7 Å². The van der Waals surface area contributed by atoms with Crippen LogP contribution in [0.4, 0.5) is 0 Å². The van der Waals surface area contributed by atoms with Gasteiger partial charge in [0, 0.05) is 18.0 Å². The van der Waals surface area contributed by atoms with Gasteiger partial charge in [0.15, 0.2) is 5.76 Å². The summed E-state index contributed by atoms with van der Waals surface area (Å²) in [5, 5.41) is 14.1. The van der Waals surface area contributed by atoms with Gasteiger partial charge >= 0.3 is 0 Å². The van der Waals surface area contributed by atoms with E-state index in [1.807, 2.05) is 19.9 Å². The highest BCUT2D eigenvalue weighted by Crippen LogP contribution is 2.41. The van der Waals surface area contributed by atoms with Crippen molar-refractivity contribution in [2.75, 3.05) is 6.54 Å². The summed E-state index contributed by atoms with van der Waals surface area (Å²) in [5.74, 6) is -1.19. The molecule has 0 aliphatic heterocycles. The number of aliphatic hydroxyl groups excluding tert-OH is 1. The highest BCUT2D eigenvalue weighted by Gasteiger charge is 2.40. The van der Waals surface area contributed by atoms with Crippen molar-refractivity contribution in [3.63, 3.8) is 0 Å². The number of nitrogens with one attached hydrogen (secondary N) is 1. The number of hydrogen-bond donors (Lipinski definition) is 2. The molecule has 29 heavy (non-hydrogen) atoms. The molecule has 2 atom stereocenters. The lowest BCUT2D eigenvalue weighted by atomic mass is 9.70. The largest absolute Gasteiger partial charge is 0.504 e. The molecule has 2 N–H and O–H groups in total. The summed E-state index contributed by atoms with van der Waals surface area (Å²) in [6, 6.07) is 0. The zero-order chi connectivity index (χ0) is 21.6. The minimum absolute atomic E-state index is 0.0612. The predicted molar refractivity (Wildman–Crippen MR) is 119 cm³/mol. The van der Waals surface area contributed by atoms with Crippen molar-refractivity contribution in [3.8, 4) is 0 Å². The van der Waals surface area contributed by atoms with E-state index in [0.29, 0.717) is 24.2 Å². The lowest BCUT2D eigenvalue weighted by Crippen LogP contribution is -2.36. The summed E-state index contributed by atoms with van der Waals surface area (Å²) in [6.07, 6.45) is 9.19. The lowest BCUT2D eigenvalue weighted by molar-refractivity contribution is -0.119. The molecule has 0 amide bonds. The highest BCUT2D eigenvalue weighted by atomic mass is 16.3. The Kier molecular flexibility index (Phi) is 8.48. The summed E-state index contributed by atoms with van der Waals surface area (Å²) in [5.41, 5.74) is 3.28. The van der Waals surface area contributed by atoms with Gasteiger partial charge in [-0.1, -0.05) is 56.9 Å². The molecule has 0 saturated carbocycles. The Hall–Kier alpha value is -2.10. The Morgan fingerprint density at radius 1 is 1.17 bits per heavy atom. The van der Waals surface area contributed by atoms with E-state index >= 15 is 0 Å². The van der Waals surface area contributed by atoms with Crippen molar-refractivity contribution in [1.29, 1.82) is 0 Å². The SMILES string of the molecule is C=C(C)C1CCC(C)=C[C@H]1C1=C(O)C(=O)C(CCCCC)=C(NCCCC)C1=O. The third kappa shape index (κ3) is 5.29. The van der Waals surface area contributed by atoms with Gasteiger partial charge in [-0.15, -0.1) is 0 Å². The zero-order valence-corrected chi connectivity index (χ0v) is 18.6. The van der Waals surface area contributed by atoms with E-state index in [9.17, 15) is 14.7 Å². The van der Waals surface area contributed by atoms with Crippen molar-refractivity contribution in [1.82, 2.24) is 5.32 Å². The number of aliphatic hydroxyl groups is 1. The molecule has 1 unspecified atom stereocenters. The van der Waals surface area contributed by atoms with Crippen LogP contribution in [-0.4, -0.2) is 23.2 Å². The number of ketones is 2. The summed E-state index contributed by atoms with van der Waals surface area (Å²) >= 11 is 0. The normalized spacial score (nSPS) is 22.8. The fourth-order valence-corrected chi connectivity index (χ4v) is 4.34. The summed E-state index contributed by atoms with van der Waals surface area (Å²) in [4.78, 5) is 26.7. The number of Topliss-reactive ketones (excluding diaryl/α,β-unsaturated/α-hetero) is 2. The van der Waals surface area contributed by atoms with Crippen LogP contribution in [0.3, 0.4) is 0 Å². The predicted octanol–water partition coefficient (Wildman–Crippen LogP) is 5.72. The van der Waals surface area contributed by atoms with Crippen LogP contribution in [-0.2, 0) is 9.59 Å². The van der Waals surface area contributed by atoms with Crippen LogP contribution in [0.2, 0.25) is 0 Å². The molecule has 4 nitrogen and oxygen atoms in total. The van der Waals surface area contributed by atoms with Crippen molar-refractivity contribution < 1.29 is 14.7 Å². The van der Waals surface area contributed by atoms with Crippen LogP contribution in [0.25, 0.3) is 0 Å². The third-order valence-electron chi connectivity index (χ3n) is 6.09. The Morgan fingerprint density at radius 2 is 1.86 bits per heavy atom. The molecular formula is C25H37NO3. The van der Waals surface area contributed by atoms with Gasteiger partial charge in [0.25, 0.3) is 0 Å². The molecule has 0 fully saturated rings. The Balaban J connectivity index is 2.46. The van der Waals surface area contributed by atoms with Crippen LogP contribution >= 0.6 is 0 Å². The van der Waals surface area contributed by atoms with Gasteiger partial charge in [0.05, 0.1) is 11.3 Å². The van der Waals surface area contributed by atoms with E-state index in [0.717, 1.165) is 50.5 Å². The van der Waals surface area contributed by atoms with Gasteiger partial charge in [-0.05, 0) is 51.9 Å². The van der Waals surface area contributed by atoms with Crippen molar-refractivity contribution in [3.05, 3.63) is 46.4 Å². The summed E-state index contributed by atoms with van der Waals surface area (Å²) in [6.45, 7) is 13.0. The van der Waals surface area contributed by atoms with E-state index in [-0.39, 0.29) is 34.7 Å². The topological polar surface area (TPSA) is 66.4 Å². The minimum Gasteiger partial charge on any atom is -0.504 e. The molecule has 0 heterocycles. The van der Waals surface area contributed by atoms with Gasteiger partial charge in [0.1, 0.15) is 0 Å². The maximum Gasteiger partial charge on any atom is 0.225 e. The Labute approximate surface area is 175 Å². The fourth-order valence-electron chi connectivity index (χ4n) is 4.34. The molecule has 0 bridgehead atoms. The van der Waals surface area contributed by atoms with Crippen molar-refractivity contribution in [2.24, 2.45) is 11.8 Å². The molecule has 2 rings (SSSR count). The second kappa shape index (κ2) is 10.6. The Bertz CT molecular complexity index is 754. The van der Waals surface area contributed by atoms with E-state index < -0.39 is 0 Å². The molecule has 4 heteroatoms. The lowest BCUT2D eigenvalue weighted by Gasteiger charge is -2.34. The first kappa shape index (κ1) is 23.2. The molecule has 0 aromatic carbocycles. The molecule has 0 spiro atoms. The van der Waals surface area contributed by atoms with Crippen LogP contribution in [0.5, 0.6) is 0 Å². The summed E-state index contributed by atoms with van der Waals surface area (Å²) < 4.78 is 0. The number of carbonyl (C=O) groups is 2. The monoisotopic (exact) mass is 399 g/mol. The average Bonchev–Trinajstić information content (AvgIpc) is 2.68. The van der Waals surface area contributed by atoms with Gasteiger partial charge in [-0.3, -0.25) is 9.59 Å². The van der Waals surface area contributed by atoms with Gasteiger partial charge in [-0.2, -0.15) is 0 Å². The molecule has 0 aromatic rings. The van der Waals surface area contributed by atoms with Crippen molar-refractivity contribution >= 4 is 11.6 Å². The highest BCUT2D eigenvalue weighted by molar-refractivity contribution is 6.24. The number of hydrogen-bond acceptors (Lipinski definition) is 4. The van der Waals surface area contributed by atoms with Crippen LogP contribution < -0.4 is 5.32 Å². The molecule has 0 aromatic heterocycles. The maximum absolute atomic E-state index is 13.5. The standard InChI is InChI=1S/C25H37NO3/c1-6-8-10-11-19-22(26-14-9-7-2)24(28)21(25(29)23(19)27)20-15-17(5)12-13-18(20)16(3)4/h15,18,20,26,29H,3,6-14H2,1-2,4-5H3/t18?,20-/m1/s1. The molecule has 160 valence electrons. The third-order valence-corrected chi connectivity index (χ3v) is 6.09. The molecule has 0 saturated heterocycles. The average molecular weight is 400 g/mol. The van der Waals surface area contributed by atoms with E-state index in [1.54, 1.807) is 0 Å². The first-order chi connectivity index (χ1) is 13.8. The maximum atomic E-state index is 13.5. The van der Waals surface area contributed by atoms with E-state index in [4.69, 9.17) is 0 Å². The quantitative estimate of drug-likeness (QED) is 0.280. The Morgan fingerprint density at radius 3 is 2.48 bits per heavy atom. The first-order valence-electron chi connectivity index (χ1n) is 11.2. The minimum atomic E-state index is -0.383. The second-order valence-corrected chi connectivity index (χ2v) is 8.54. The van der Waals surface area contributed by atoms with Crippen LogP contribution in [0, 0.1) is 11.8 Å². The second-order valence-electron chi connectivity index (χ2n) is 8.54. The summed E-state index contributed by atoms with van der Waals surface area (Å²) in [7, 11) is 0. The van der Waals surface area contributed by atoms with Crippen LogP contribution in [0.15, 0.2) is 46.4 Å². The van der Waals surface area contributed by atoms with Crippen LogP contribution in [0.1, 0.15) is 79.1 Å². The number of allylic oxidation sites excluding steroid dienone is 5. The molecular weight excluding hydrogens is 362 g/mol. The van der Waals surface area contributed by atoms with Gasteiger partial charge in [-0.25, -0.2) is 0 Å². The number of carbonyl (C=O) groups excluding carboxylic acids is 2. The fraction of sp³-hybridized carbons (Fsp3) is 0.600. The van der Waals surface area contributed by atoms with E-state index in [1.165, 1.54) is 5.57 Å². The van der Waals surface area contributed by atoms with Gasteiger partial charge in [0.2, 0.25) is 11.6 Å². The zero-order valence-electron chi connectivity index (χ0n) is 18.6. The first-order valence-corrected chi connectivity index (χ1v) is 11.2. The number of rotatable bonds is 10. The molecule has 0 radical (unpaired) electrons. The molecule has 2 aliphatic carbocycles. The van der Waals surface area contributed by atoms with Gasteiger partial charge < -0.3 is 10.4 Å². The van der Waals surface area contributed by atoms with Crippen molar-refractivity contribution in [2.45, 2.75) is 79.1 Å². The number of unbranched alkanes of at least 4 members (excludes halogenated alkanes) is 3. The molecule has 2 aliphatic rings.